The highest BCUT2D eigenvalue weighted by atomic mass is 16.3. The lowest BCUT2D eigenvalue weighted by Crippen LogP contribution is -2.63. The van der Waals surface area contributed by atoms with E-state index in [-0.39, 0.29) is 43.4 Å². The lowest BCUT2D eigenvalue weighted by Gasteiger charge is -2.41. The molecule has 80 heavy (non-hydrogen) atoms. The van der Waals surface area contributed by atoms with Crippen molar-refractivity contribution >= 4 is 59.1 Å². The average molecular weight is 1130 g/mol. The van der Waals surface area contributed by atoms with Crippen LogP contribution in [0.25, 0.3) is 0 Å². The maximum atomic E-state index is 15.0. The predicted octanol–water partition coefficient (Wildman–Crippen LogP) is 1.40. The molecule has 1 aliphatic heterocycles. The minimum atomic E-state index is -1.59. The summed E-state index contributed by atoms with van der Waals surface area (Å²) < 4.78 is 0. The highest BCUT2D eigenvalue weighted by Gasteiger charge is 2.45. The lowest BCUT2D eigenvalue weighted by molar-refractivity contribution is -0.157. The van der Waals surface area contributed by atoms with Crippen LogP contribution in [0, 0.1) is 29.6 Å². The van der Waals surface area contributed by atoms with Crippen LogP contribution in [0.4, 0.5) is 0 Å². The Morgan fingerprint density at radius 3 is 1.49 bits per heavy atom. The number of carbonyl (C=O) groups is 10. The number of rotatable bonds is 12. The van der Waals surface area contributed by atoms with Gasteiger partial charge in [0.15, 0.2) is 0 Å². The standard InChI is InChI=1S/C57H103N11O12/c1-23-25-26-35(11)47(70)46-51(74)60-40(24-2)53(76)62(16)30-44(69)63(17)38(14)50(73)61-41(27-31(3)4)54(77)64(18)39(15)49(72)58-36(12)48(71)59-37(13)52(75)65(19)42(28-32(5)6)55(78)66(20)43(29-33(7)8)56(79)67(21)45(34(9)10)57(80)68(46)22/h23,25,31-43,45-47,50,61,70,73H,24,26-30H2,1-22H3,(H,58,72)(H,59,71)(H,60,74)/b25-23+/t35-,36+,37-,38-,39+,40+,41+,42+,43-,45+,46+,47-,50?/m1/s1. The number of allylic oxidation sites excluding steroid dienone is 2. The molecule has 0 saturated carbocycles. The molecule has 0 aliphatic carbocycles. The van der Waals surface area contributed by atoms with Crippen molar-refractivity contribution < 1.29 is 58.2 Å². The lowest BCUT2D eigenvalue weighted by atomic mass is 9.91. The monoisotopic (exact) mass is 1130 g/mol. The molecular weight excluding hydrogens is 1030 g/mol. The zero-order chi connectivity index (χ0) is 62.1. The van der Waals surface area contributed by atoms with E-state index in [0.717, 1.165) is 9.80 Å². The first kappa shape index (κ1) is 72.3. The zero-order valence-electron chi connectivity index (χ0n) is 52.3. The molecule has 458 valence electrons. The van der Waals surface area contributed by atoms with Crippen molar-refractivity contribution in [2.24, 2.45) is 29.6 Å². The molecule has 0 aromatic carbocycles. The molecule has 0 radical (unpaired) electrons. The van der Waals surface area contributed by atoms with Gasteiger partial charge in [-0.15, -0.1) is 0 Å². The summed E-state index contributed by atoms with van der Waals surface area (Å²) in [6.45, 7) is 25.2. The van der Waals surface area contributed by atoms with Crippen LogP contribution < -0.4 is 21.3 Å². The van der Waals surface area contributed by atoms with Crippen LogP contribution in [0.15, 0.2) is 12.2 Å². The first-order chi connectivity index (χ1) is 36.9. The number of likely N-dealkylation sites (N-methyl/N-ethyl adjacent to an activating group) is 7. The maximum Gasteiger partial charge on any atom is 0.246 e. The van der Waals surface area contributed by atoms with Crippen molar-refractivity contribution in [3.63, 3.8) is 0 Å². The molecule has 1 fully saturated rings. The summed E-state index contributed by atoms with van der Waals surface area (Å²) in [6, 6.07) is -11.9. The second-order valence-corrected chi connectivity index (χ2v) is 23.8. The summed E-state index contributed by atoms with van der Waals surface area (Å²) in [5, 5.41) is 34.4. The van der Waals surface area contributed by atoms with Crippen LogP contribution in [0.5, 0.6) is 0 Å². The van der Waals surface area contributed by atoms with Crippen molar-refractivity contribution in [2.75, 3.05) is 55.9 Å². The number of amides is 10. The minimum absolute atomic E-state index is 0.0386. The Labute approximate surface area is 477 Å². The van der Waals surface area contributed by atoms with Crippen LogP contribution in [0.2, 0.25) is 0 Å². The van der Waals surface area contributed by atoms with Gasteiger partial charge in [-0.3, -0.25) is 53.3 Å². The molecule has 13 atom stereocenters. The molecule has 1 rings (SSSR count). The Morgan fingerprint density at radius 1 is 0.537 bits per heavy atom. The number of hydrogen-bond donors (Lipinski definition) is 6. The molecular formula is C57H103N11O12. The summed E-state index contributed by atoms with van der Waals surface area (Å²) in [7, 11) is 9.87. The van der Waals surface area contributed by atoms with E-state index in [0.29, 0.717) is 6.42 Å². The number of nitrogens with zero attached hydrogens (tertiary/aromatic N) is 7. The predicted molar refractivity (Wildman–Crippen MR) is 306 cm³/mol. The number of aliphatic hydroxyl groups excluding tert-OH is 2. The van der Waals surface area contributed by atoms with Gasteiger partial charge in [0.05, 0.1) is 24.7 Å². The molecule has 23 heteroatoms. The number of nitrogens with one attached hydrogen (secondary N) is 4. The average Bonchev–Trinajstić information content (AvgIpc) is 3.38. The fourth-order valence-corrected chi connectivity index (χ4v) is 9.73. The van der Waals surface area contributed by atoms with Gasteiger partial charge in [0, 0.05) is 49.3 Å². The van der Waals surface area contributed by atoms with Crippen molar-refractivity contribution in [3.8, 4) is 0 Å². The summed E-state index contributed by atoms with van der Waals surface area (Å²) >= 11 is 0. The van der Waals surface area contributed by atoms with Gasteiger partial charge >= 0.3 is 0 Å². The molecule has 10 amide bonds. The molecule has 0 bridgehead atoms. The van der Waals surface area contributed by atoms with E-state index in [1.807, 2.05) is 41.5 Å². The quantitative estimate of drug-likeness (QED) is 0.151. The van der Waals surface area contributed by atoms with Gasteiger partial charge < -0.3 is 60.5 Å². The third-order valence-electron chi connectivity index (χ3n) is 15.3. The molecule has 1 heterocycles. The highest BCUT2D eigenvalue weighted by Crippen LogP contribution is 2.25. The molecule has 6 N–H and O–H groups in total. The third kappa shape index (κ3) is 19.8. The molecule has 1 unspecified atom stereocenters. The van der Waals surface area contributed by atoms with Crippen molar-refractivity contribution in [3.05, 3.63) is 12.2 Å². The maximum absolute atomic E-state index is 15.0. The van der Waals surface area contributed by atoms with E-state index in [4.69, 9.17) is 0 Å². The molecule has 0 aromatic rings. The topological polar surface area (TPSA) is 282 Å². The second-order valence-electron chi connectivity index (χ2n) is 23.8. The molecule has 1 saturated heterocycles. The van der Waals surface area contributed by atoms with Crippen LogP contribution in [-0.2, 0) is 47.9 Å². The van der Waals surface area contributed by atoms with Crippen LogP contribution >= 0.6 is 0 Å². The van der Waals surface area contributed by atoms with Gasteiger partial charge in [0.2, 0.25) is 59.1 Å². The first-order valence-corrected chi connectivity index (χ1v) is 28.4. The molecule has 1 aliphatic rings. The van der Waals surface area contributed by atoms with Crippen molar-refractivity contribution in [1.82, 2.24) is 55.6 Å². The van der Waals surface area contributed by atoms with E-state index in [9.17, 15) is 48.6 Å². The van der Waals surface area contributed by atoms with Gasteiger partial charge in [-0.05, 0) is 96.3 Å². The summed E-state index contributed by atoms with van der Waals surface area (Å²) in [5.41, 5.74) is 0. The van der Waals surface area contributed by atoms with Gasteiger partial charge in [0.1, 0.15) is 54.6 Å². The first-order valence-electron chi connectivity index (χ1n) is 28.4. The second kappa shape index (κ2) is 32.7. The van der Waals surface area contributed by atoms with E-state index in [2.05, 4.69) is 21.3 Å². The van der Waals surface area contributed by atoms with Crippen LogP contribution in [-0.4, -0.2) is 232 Å². The van der Waals surface area contributed by atoms with E-state index >= 15 is 9.59 Å². The Bertz CT molecular complexity index is 2160. The normalized spacial score (nSPS) is 28.7. The zero-order valence-corrected chi connectivity index (χ0v) is 52.3. The minimum Gasteiger partial charge on any atom is -0.390 e. The third-order valence-corrected chi connectivity index (χ3v) is 15.3. The summed E-state index contributed by atoms with van der Waals surface area (Å²) in [5.74, 6) is -8.22. The van der Waals surface area contributed by atoms with Gasteiger partial charge in [0.25, 0.3) is 0 Å². The number of aliphatic hydroxyl groups is 2. The summed E-state index contributed by atoms with van der Waals surface area (Å²) in [6.07, 6.45) is 1.49. The van der Waals surface area contributed by atoms with E-state index < -0.39 is 150 Å². The fourth-order valence-electron chi connectivity index (χ4n) is 9.73. The van der Waals surface area contributed by atoms with Crippen LogP contribution in [0.1, 0.15) is 136 Å². The smallest absolute Gasteiger partial charge is 0.246 e. The van der Waals surface area contributed by atoms with Gasteiger partial charge in [-0.1, -0.05) is 81.4 Å². The Hall–Kier alpha value is -5.68. The Kier molecular flexibility index (Phi) is 29.6. The van der Waals surface area contributed by atoms with Crippen molar-refractivity contribution in [1.29, 1.82) is 0 Å². The van der Waals surface area contributed by atoms with E-state index in [1.54, 1.807) is 53.7 Å². The fraction of sp³-hybridized carbons (Fsp3) is 0.789. The van der Waals surface area contributed by atoms with Crippen LogP contribution in [0.3, 0.4) is 0 Å². The SMILES string of the molecule is C/C=C/C[C@@H](C)[C@@H](O)[C@H]1C(=O)N[C@@H](CC)C(=O)N(C)CC(=O)N(C)[C@H](C)C(O)N[C@@H](CC(C)C)C(=O)N(C)[C@@H](C)C(=O)N[C@@H](C)C(=O)N[C@H](C)C(=O)N(C)[C@@H](CC(C)C)C(=O)N(C)[C@H](CC(C)C)C(=O)N(C)[C@@H](C(C)C)C(=O)N1C. The summed E-state index contributed by atoms with van der Waals surface area (Å²) in [4.78, 5) is 152. The Balaban J connectivity index is 4.16. The highest BCUT2D eigenvalue weighted by molar-refractivity contribution is 5.98. The molecule has 0 spiro atoms. The number of carbonyl (C=O) groups excluding carboxylic acids is 10. The van der Waals surface area contributed by atoms with Gasteiger partial charge in [-0.25, -0.2) is 0 Å². The van der Waals surface area contributed by atoms with Crippen molar-refractivity contribution in [2.45, 2.75) is 209 Å². The largest absolute Gasteiger partial charge is 0.390 e. The molecule has 23 nitrogen and oxygen atoms in total. The van der Waals surface area contributed by atoms with E-state index in [1.165, 1.54) is 94.6 Å². The number of hydrogen-bond acceptors (Lipinski definition) is 13. The van der Waals surface area contributed by atoms with Gasteiger partial charge in [-0.2, -0.15) is 0 Å². The Morgan fingerprint density at radius 2 is 1.01 bits per heavy atom. The molecule has 0 aromatic heterocycles.